The van der Waals surface area contributed by atoms with E-state index in [0.29, 0.717) is 28.1 Å². The van der Waals surface area contributed by atoms with E-state index in [1.807, 2.05) is 23.6 Å². The molecule has 2 aliphatic rings. The van der Waals surface area contributed by atoms with E-state index >= 15 is 0 Å². The van der Waals surface area contributed by atoms with Crippen molar-refractivity contribution in [2.24, 2.45) is 0 Å². The molecule has 3 aromatic heterocycles. The second-order valence-corrected chi connectivity index (χ2v) is 9.45. The van der Waals surface area contributed by atoms with Gasteiger partial charge in [-0.15, -0.1) is 0 Å². The molecule has 3 N–H and O–H groups in total. The van der Waals surface area contributed by atoms with Gasteiger partial charge in [-0.25, -0.2) is 4.57 Å². The monoisotopic (exact) mass is 434 g/mol. The largest absolute Gasteiger partial charge is 0.349 e. The maximum Gasteiger partial charge on any atom is 0.278 e. The highest BCUT2D eigenvalue weighted by Gasteiger charge is 2.30. The fourth-order valence-electron chi connectivity index (χ4n) is 5.47. The van der Waals surface area contributed by atoms with Crippen molar-refractivity contribution in [2.75, 3.05) is 5.73 Å². The van der Waals surface area contributed by atoms with Crippen LogP contribution >= 0.6 is 0 Å². The predicted molar refractivity (Wildman–Crippen MR) is 125 cm³/mol. The minimum Gasteiger partial charge on any atom is -0.349 e. The Morgan fingerprint density at radius 2 is 1.81 bits per heavy atom. The summed E-state index contributed by atoms with van der Waals surface area (Å²) in [4.78, 5) is 31.7. The summed E-state index contributed by atoms with van der Waals surface area (Å²) >= 11 is 0. The van der Waals surface area contributed by atoms with Crippen LogP contribution in [0.5, 0.6) is 0 Å². The first kappa shape index (κ1) is 20.9. The molecular formula is C25H32N5O2+. The Hall–Kier alpha value is -2.96. The summed E-state index contributed by atoms with van der Waals surface area (Å²) in [6.45, 7) is 1.95. The van der Waals surface area contributed by atoms with Gasteiger partial charge in [0.25, 0.3) is 17.1 Å². The van der Waals surface area contributed by atoms with E-state index in [-0.39, 0.29) is 23.6 Å². The zero-order valence-electron chi connectivity index (χ0n) is 18.8. The summed E-state index contributed by atoms with van der Waals surface area (Å²) in [5.74, 6) is 0.233. The maximum atomic E-state index is 13.5. The van der Waals surface area contributed by atoms with Crippen LogP contribution in [0.25, 0.3) is 16.7 Å². The van der Waals surface area contributed by atoms with Gasteiger partial charge in [0.05, 0.1) is 6.04 Å². The fourth-order valence-corrected chi connectivity index (χ4v) is 5.47. The van der Waals surface area contributed by atoms with E-state index in [2.05, 4.69) is 5.32 Å². The molecule has 0 saturated heterocycles. The van der Waals surface area contributed by atoms with Crippen molar-refractivity contribution in [3.63, 3.8) is 0 Å². The van der Waals surface area contributed by atoms with E-state index < -0.39 is 0 Å². The number of carbonyl (C=O) groups excluding carboxylic acids is 1. The first-order valence-electron chi connectivity index (χ1n) is 12.0. The van der Waals surface area contributed by atoms with Crippen molar-refractivity contribution in [3.05, 3.63) is 45.9 Å². The number of hydrogen-bond acceptors (Lipinski definition) is 4. The van der Waals surface area contributed by atoms with Gasteiger partial charge in [-0.05, 0) is 57.6 Å². The lowest BCUT2D eigenvalue weighted by atomic mass is 9.94. The Morgan fingerprint density at radius 3 is 2.53 bits per heavy atom. The molecule has 3 heterocycles. The molecule has 2 fully saturated rings. The summed E-state index contributed by atoms with van der Waals surface area (Å²) in [5, 5.41) is 3.62. The van der Waals surface area contributed by atoms with Crippen LogP contribution in [0.3, 0.4) is 0 Å². The van der Waals surface area contributed by atoms with Crippen LogP contribution in [0.15, 0.2) is 29.2 Å². The predicted octanol–water partition coefficient (Wildman–Crippen LogP) is 3.59. The molecule has 3 aromatic rings. The van der Waals surface area contributed by atoms with Crippen molar-refractivity contribution in [3.8, 4) is 0 Å². The maximum absolute atomic E-state index is 13.5. The van der Waals surface area contributed by atoms with Crippen LogP contribution in [0, 0.1) is 6.92 Å². The molecular weight excluding hydrogens is 402 g/mol. The van der Waals surface area contributed by atoms with Crippen molar-refractivity contribution in [2.45, 2.75) is 83.2 Å². The van der Waals surface area contributed by atoms with Gasteiger partial charge in [0.15, 0.2) is 0 Å². The molecule has 0 atom stereocenters. The van der Waals surface area contributed by atoms with Crippen LogP contribution in [-0.2, 0) is 0 Å². The number of hydrogen-bond donors (Lipinski definition) is 2. The van der Waals surface area contributed by atoms with Gasteiger partial charge in [-0.2, -0.15) is 0 Å². The van der Waals surface area contributed by atoms with Crippen LogP contribution in [0.2, 0.25) is 0 Å². The first-order chi connectivity index (χ1) is 15.5. The number of nitrogen functional groups attached to an aromatic ring is 1. The van der Waals surface area contributed by atoms with E-state index in [1.165, 1.54) is 12.8 Å². The fraction of sp³-hybridized carbons (Fsp3) is 0.520. The summed E-state index contributed by atoms with van der Waals surface area (Å²) in [5.41, 5.74) is 9.05. The third-order valence-electron chi connectivity index (χ3n) is 7.24. The SMILES string of the molecule is Cc1cccn2c(=O)c3cc(C(=O)NC4CCCCC4)c(N)[n+](C4CCCCC4)c3nc12. The number of aryl methyl sites for hydroxylation is 1. The molecule has 0 radical (unpaired) electrons. The Balaban J connectivity index is 1.71. The van der Waals surface area contributed by atoms with E-state index in [0.717, 1.165) is 56.9 Å². The number of anilines is 1. The lowest BCUT2D eigenvalue weighted by molar-refractivity contribution is -0.689. The number of aromatic nitrogens is 3. The number of nitrogens with two attached hydrogens (primary N) is 1. The van der Waals surface area contributed by atoms with Gasteiger partial charge in [0.2, 0.25) is 11.5 Å². The number of pyridine rings is 2. The molecule has 5 rings (SSSR count). The van der Waals surface area contributed by atoms with Crippen LogP contribution in [0.4, 0.5) is 5.82 Å². The molecule has 0 spiro atoms. The van der Waals surface area contributed by atoms with Gasteiger partial charge >= 0.3 is 0 Å². The van der Waals surface area contributed by atoms with Crippen molar-refractivity contribution in [1.82, 2.24) is 14.7 Å². The topological polar surface area (TPSA) is 93.4 Å². The van der Waals surface area contributed by atoms with Gasteiger partial charge in [0.1, 0.15) is 10.9 Å². The number of fused-ring (bicyclic) bond motifs is 2. The first-order valence-corrected chi connectivity index (χ1v) is 12.0. The van der Waals surface area contributed by atoms with Crippen LogP contribution in [0.1, 0.15) is 86.2 Å². The number of nitrogens with zero attached hydrogens (tertiary/aromatic N) is 3. The average Bonchev–Trinajstić information content (AvgIpc) is 2.81. The molecule has 168 valence electrons. The highest BCUT2D eigenvalue weighted by Crippen LogP contribution is 2.28. The number of amides is 1. The van der Waals surface area contributed by atoms with E-state index in [4.69, 9.17) is 10.7 Å². The Kier molecular flexibility index (Phi) is 5.57. The molecule has 0 aromatic carbocycles. The normalized spacial score (nSPS) is 18.3. The van der Waals surface area contributed by atoms with Crippen LogP contribution < -0.4 is 21.2 Å². The second kappa shape index (κ2) is 8.52. The van der Waals surface area contributed by atoms with Gasteiger partial charge in [-0.3, -0.25) is 14.0 Å². The van der Waals surface area contributed by atoms with Crippen molar-refractivity contribution in [1.29, 1.82) is 0 Å². The highest BCUT2D eigenvalue weighted by atomic mass is 16.2. The third-order valence-corrected chi connectivity index (χ3v) is 7.24. The second-order valence-electron chi connectivity index (χ2n) is 9.45. The number of nitrogens with one attached hydrogen (secondary N) is 1. The standard InChI is InChI=1S/C25H31N5O2/c1-16-9-8-14-29-22(16)28-23-20(25(29)32)15-19(24(31)27-17-10-4-2-5-11-17)21(26)30(23)18-12-6-3-7-13-18/h8-9,14-15,17-18,26H,2-7,10-13H2,1H3,(H,27,31)/p+1. The molecule has 7 nitrogen and oxygen atoms in total. The molecule has 7 heteroatoms. The zero-order valence-corrected chi connectivity index (χ0v) is 18.8. The molecule has 0 unspecified atom stereocenters. The van der Waals surface area contributed by atoms with Crippen LogP contribution in [-0.4, -0.2) is 21.3 Å². The molecule has 2 saturated carbocycles. The van der Waals surface area contributed by atoms with E-state index in [1.54, 1.807) is 16.7 Å². The summed E-state index contributed by atoms with van der Waals surface area (Å²) < 4.78 is 3.56. The molecule has 2 aliphatic carbocycles. The van der Waals surface area contributed by atoms with Gasteiger partial charge in [0, 0.05) is 17.8 Å². The number of rotatable bonds is 3. The molecule has 0 aliphatic heterocycles. The quantitative estimate of drug-likeness (QED) is 0.487. The summed E-state index contributed by atoms with van der Waals surface area (Å²) in [6, 6.07) is 5.78. The van der Waals surface area contributed by atoms with Gasteiger partial charge < -0.3 is 11.1 Å². The molecule has 0 bridgehead atoms. The minimum atomic E-state index is -0.186. The van der Waals surface area contributed by atoms with E-state index in [9.17, 15) is 9.59 Å². The summed E-state index contributed by atoms with van der Waals surface area (Å²) in [7, 11) is 0. The zero-order chi connectivity index (χ0) is 22.2. The van der Waals surface area contributed by atoms with Crippen molar-refractivity contribution >= 4 is 28.4 Å². The number of carbonyl (C=O) groups is 1. The molecule has 32 heavy (non-hydrogen) atoms. The van der Waals surface area contributed by atoms with Crippen molar-refractivity contribution < 1.29 is 9.36 Å². The van der Waals surface area contributed by atoms with Gasteiger partial charge in [-0.1, -0.05) is 36.7 Å². The Bertz CT molecular complexity index is 1240. The average molecular weight is 435 g/mol. The highest BCUT2D eigenvalue weighted by molar-refractivity contribution is 6.00. The lowest BCUT2D eigenvalue weighted by Crippen LogP contribution is -2.47. The lowest BCUT2D eigenvalue weighted by Gasteiger charge is -2.25. The Morgan fingerprint density at radius 1 is 1.12 bits per heavy atom. The minimum absolute atomic E-state index is 0.145. The smallest absolute Gasteiger partial charge is 0.278 e. The Labute approximate surface area is 187 Å². The summed E-state index contributed by atoms with van der Waals surface area (Å²) in [6.07, 6.45) is 12.6. The molecule has 1 amide bonds. The third kappa shape index (κ3) is 3.63.